The van der Waals surface area contributed by atoms with E-state index in [2.05, 4.69) is 0 Å². The number of aliphatic hydroxyl groups is 1. The Labute approximate surface area is 89.5 Å². The number of aliphatic hydroxyl groups excluding tert-OH is 1. The van der Waals surface area contributed by atoms with Gasteiger partial charge in [0.1, 0.15) is 5.75 Å². The fraction of sp³-hybridized carbons (Fsp3) is 0.455. The Hall–Kier alpha value is -0.730. The molecule has 1 unspecified atom stereocenters. The molecule has 0 radical (unpaired) electrons. The van der Waals surface area contributed by atoms with Gasteiger partial charge in [0.15, 0.2) is 0 Å². The van der Waals surface area contributed by atoms with Crippen molar-refractivity contribution in [2.24, 2.45) is 0 Å². The normalized spacial score (nSPS) is 12.6. The lowest BCUT2D eigenvalue weighted by Crippen LogP contribution is -2.11. The van der Waals surface area contributed by atoms with Crippen molar-refractivity contribution in [3.8, 4) is 5.75 Å². The average Bonchev–Trinajstić information content (AvgIpc) is 2.18. The molecular weight excluding hydrogens is 200 g/mol. The second-order valence-corrected chi connectivity index (χ2v) is 3.62. The Balaban J connectivity index is 2.76. The highest BCUT2D eigenvalue weighted by Gasteiger charge is 2.05. The van der Waals surface area contributed by atoms with E-state index >= 15 is 0 Å². The Morgan fingerprint density at radius 2 is 2.21 bits per heavy atom. The number of halogens is 1. The maximum atomic E-state index is 9.37. The lowest BCUT2D eigenvalue weighted by atomic mass is 10.1. The van der Waals surface area contributed by atoms with E-state index in [1.165, 1.54) is 0 Å². The summed E-state index contributed by atoms with van der Waals surface area (Å²) in [6, 6.07) is 5.86. The summed E-state index contributed by atoms with van der Waals surface area (Å²) < 4.78 is 5.14. The maximum absolute atomic E-state index is 9.37. The molecule has 1 atom stereocenters. The summed E-state index contributed by atoms with van der Waals surface area (Å²) in [5, 5.41) is 9.37. The summed E-state index contributed by atoms with van der Waals surface area (Å²) in [7, 11) is 1.65. The van der Waals surface area contributed by atoms with Gasteiger partial charge in [-0.05, 0) is 30.5 Å². The van der Waals surface area contributed by atoms with Gasteiger partial charge in [-0.3, -0.25) is 0 Å². The molecule has 0 saturated heterocycles. The highest BCUT2D eigenvalue weighted by Crippen LogP contribution is 2.19. The van der Waals surface area contributed by atoms with Gasteiger partial charge in [-0.2, -0.15) is 0 Å². The van der Waals surface area contributed by atoms with E-state index in [1.807, 2.05) is 25.1 Å². The van der Waals surface area contributed by atoms with Crippen LogP contribution in [0.3, 0.4) is 0 Å². The molecule has 1 aromatic rings. The molecular formula is C11H15ClO2. The van der Waals surface area contributed by atoms with Gasteiger partial charge in [-0.1, -0.05) is 12.1 Å². The Morgan fingerprint density at radius 3 is 2.71 bits per heavy atom. The van der Waals surface area contributed by atoms with Crippen molar-refractivity contribution < 1.29 is 9.84 Å². The minimum atomic E-state index is -0.468. The number of hydrogen-bond acceptors (Lipinski definition) is 2. The van der Waals surface area contributed by atoms with Gasteiger partial charge in [-0.15, -0.1) is 11.6 Å². The number of rotatable bonds is 4. The first-order valence-corrected chi connectivity index (χ1v) is 5.08. The third kappa shape index (κ3) is 2.89. The van der Waals surface area contributed by atoms with Crippen molar-refractivity contribution in [2.45, 2.75) is 19.4 Å². The van der Waals surface area contributed by atoms with E-state index in [0.29, 0.717) is 6.42 Å². The third-order valence-corrected chi connectivity index (χ3v) is 2.46. The molecule has 3 heteroatoms. The van der Waals surface area contributed by atoms with Crippen LogP contribution in [0.2, 0.25) is 0 Å². The zero-order chi connectivity index (χ0) is 10.6. The standard InChI is InChI=1S/C11H15ClO2/c1-8-5-9(6-10(13)7-12)3-4-11(8)14-2/h3-5,10,13H,6-7H2,1-2H3. The Morgan fingerprint density at radius 1 is 1.50 bits per heavy atom. The molecule has 0 aliphatic heterocycles. The monoisotopic (exact) mass is 214 g/mol. The molecule has 0 spiro atoms. The quantitative estimate of drug-likeness (QED) is 0.779. The minimum absolute atomic E-state index is 0.269. The van der Waals surface area contributed by atoms with Gasteiger partial charge in [0.05, 0.1) is 13.2 Å². The van der Waals surface area contributed by atoms with Gasteiger partial charge < -0.3 is 9.84 Å². The SMILES string of the molecule is COc1ccc(CC(O)CCl)cc1C. The summed E-state index contributed by atoms with van der Waals surface area (Å²) in [4.78, 5) is 0. The summed E-state index contributed by atoms with van der Waals surface area (Å²) in [6.07, 6.45) is 0.124. The largest absolute Gasteiger partial charge is 0.496 e. The summed E-state index contributed by atoms with van der Waals surface area (Å²) >= 11 is 5.53. The molecule has 0 bridgehead atoms. The van der Waals surface area contributed by atoms with Crippen LogP contribution >= 0.6 is 11.6 Å². The lowest BCUT2D eigenvalue weighted by Gasteiger charge is -2.09. The maximum Gasteiger partial charge on any atom is 0.121 e. The lowest BCUT2D eigenvalue weighted by molar-refractivity contribution is 0.198. The molecule has 14 heavy (non-hydrogen) atoms. The third-order valence-electron chi connectivity index (χ3n) is 2.11. The highest BCUT2D eigenvalue weighted by molar-refractivity contribution is 6.18. The fourth-order valence-electron chi connectivity index (χ4n) is 1.39. The molecule has 0 heterocycles. The topological polar surface area (TPSA) is 29.5 Å². The average molecular weight is 215 g/mol. The van der Waals surface area contributed by atoms with E-state index in [0.717, 1.165) is 16.9 Å². The number of methoxy groups -OCH3 is 1. The minimum Gasteiger partial charge on any atom is -0.496 e. The molecule has 78 valence electrons. The highest BCUT2D eigenvalue weighted by atomic mass is 35.5. The van der Waals surface area contributed by atoms with Gasteiger partial charge in [-0.25, -0.2) is 0 Å². The van der Waals surface area contributed by atoms with E-state index in [-0.39, 0.29) is 5.88 Å². The number of ether oxygens (including phenoxy) is 1. The number of benzene rings is 1. The van der Waals surface area contributed by atoms with Crippen LogP contribution in [0.15, 0.2) is 18.2 Å². The van der Waals surface area contributed by atoms with Crippen molar-refractivity contribution in [3.63, 3.8) is 0 Å². The number of hydrogen-bond donors (Lipinski definition) is 1. The fourth-order valence-corrected chi connectivity index (χ4v) is 1.50. The van der Waals surface area contributed by atoms with Crippen molar-refractivity contribution in [1.29, 1.82) is 0 Å². The zero-order valence-electron chi connectivity index (χ0n) is 8.46. The molecule has 0 saturated carbocycles. The second-order valence-electron chi connectivity index (χ2n) is 3.32. The predicted molar refractivity (Wildman–Crippen MR) is 58.2 cm³/mol. The molecule has 1 aromatic carbocycles. The van der Waals surface area contributed by atoms with E-state index in [9.17, 15) is 5.11 Å². The second kappa shape index (κ2) is 5.23. The number of aryl methyl sites for hydroxylation is 1. The van der Waals surface area contributed by atoms with E-state index in [1.54, 1.807) is 7.11 Å². The van der Waals surface area contributed by atoms with Crippen LogP contribution in [-0.4, -0.2) is 24.2 Å². The molecule has 0 aliphatic carbocycles. The first-order valence-electron chi connectivity index (χ1n) is 4.55. The van der Waals surface area contributed by atoms with E-state index in [4.69, 9.17) is 16.3 Å². The Bertz CT molecular complexity index is 299. The van der Waals surface area contributed by atoms with Crippen molar-refractivity contribution in [1.82, 2.24) is 0 Å². The van der Waals surface area contributed by atoms with E-state index < -0.39 is 6.10 Å². The van der Waals surface area contributed by atoms with Crippen LogP contribution in [0, 0.1) is 6.92 Å². The molecule has 0 aromatic heterocycles. The molecule has 1 rings (SSSR count). The first kappa shape index (κ1) is 11.3. The Kier molecular flexibility index (Phi) is 4.23. The molecule has 0 fully saturated rings. The summed E-state index contributed by atoms with van der Waals surface area (Å²) in [5.41, 5.74) is 2.16. The van der Waals surface area contributed by atoms with Crippen molar-refractivity contribution in [2.75, 3.05) is 13.0 Å². The van der Waals surface area contributed by atoms with Gasteiger partial charge in [0.2, 0.25) is 0 Å². The van der Waals surface area contributed by atoms with Crippen LogP contribution < -0.4 is 4.74 Å². The van der Waals surface area contributed by atoms with Gasteiger partial charge in [0, 0.05) is 5.88 Å². The summed E-state index contributed by atoms with van der Waals surface area (Å²) in [6.45, 7) is 1.98. The van der Waals surface area contributed by atoms with Crippen LogP contribution in [-0.2, 0) is 6.42 Å². The molecule has 1 N–H and O–H groups in total. The van der Waals surface area contributed by atoms with Crippen LogP contribution in [0.4, 0.5) is 0 Å². The summed E-state index contributed by atoms with van der Waals surface area (Å²) in [5.74, 6) is 1.14. The van der Waals surface area contributed by atoms with Crippen LogP contribution in [0.1, 0.15) is 11.1 Å². The zero-order valence-corrected chi connectivity index (χ0v) is 9.21. The first-order chi connectivity index (χ1) is 6.67. The van der Waals surface area contributed by atoms with Crippen LogP contribution in [0.25, 0.3) is 0 Å². The van der Waals surface area contributed by atoms with Gasteiger partial charge in [0.25, 0.3) is 0 Å². The molecule has 2 nitrogen and oxygen atoms in total. The van der Waals surface area contributed by atoms with Crippen molar-refractivity contribution >= 4 is 11.6 Å². The van der Waals surface area contributed by atoms with Crippen LogP contribution in [0.5, 0.6) is 5.75 Å². The van der Waals surface area contributed by atoms with Gasteiger partial charge >= 0.3 is 0 Å². The van der Waals surface area contributed by atoms with Crippen molar-refractivity contribution in [3.05, 3.63) is 29.3 Å². The molecule has 0 aliphatic rings. The number of alkyl halides is 1. The molecule has 0 amide bonds. The smallest absolute Gasteiger partial charge is 0.121 e. The predicted octanol–water partition coefficient (Wildman–Crippen LogP) is 2.15.